The molecule has 0 saturated carbocycles. The number of para-hydroxylation sites is 1. The second-order valence-electron chi connectivity index (χ2n) is 8.99. The minimum absolute atomic E-state index is 0.209. The van der Waals surface area contributed by atoms with Crippen LogP contribution in [0.4, 0.5) is 0 Å². The highest BCUT2D eigenvalue weighted by atomic mass is 35.5. The smallest absolute Gasteiger partial charge is 0.338 e. The van der Waals surface area contributed by atoms with Gasteiger partial charge >= 0.3 is 5.97 Å². The largest absolute Gasteiger partial charge is 0.497 e. The fourth-order valence-corrected chi connectivity index (χ4v) is 5.76. The first-order chi connectivity index (χ1) is 19.4. The molecular weight excluding hydrogens is 548 g/mol. The van der Waals surface area contributed by atoms with Crippen molar-refractivity contribution >= 4 is 35.0 Å². The molecule has 0 saturated heterocycles. The highest BCUT2D eigenvalue weighted by molar-refractivity contribution is 7.07. The lowest BCUT2D eigenvalue weighted by molar-refractivity contribution is -0.139. The maximum atomic E-state index is 13.9. The molecule has 0 aliphatic carbocycles. The van der Waals surface area contributed by atoms with Crippen LogP contribution in [0, 0.1) is 0 Å². The van der Waals surface area contributed by atoms with Gasteiger partial charge in [0.15, 0.2) is 4.80 Å². The maximum Gasteiger partial charge on any atom is 0.338 e. The second kappa shape index (κ2) is 11.9. The van der Waals surface area contributed by atoms with Gasteiger partial charge < -0.3 is 14.2 Å². The van der Waals surface area contributed by atoms with Gasteiger partial charge in [-0.3, -0.25) is 9.36 Å². The number of hydrogen-bond acceptors (Lipinski definition) is 7. The molecule has 5 rings (SSSR count). The lowest BCUT2D eigenvalue weighted by atomic mass is 9.96. The highest BCUT2D eigenvalue weighted by Crippen LogP contribution is 2.31. The number of halogens is 1. The normalized spacial score (nSPS) is 14.9. The quantitative estimate of drug-likeness (QED) is 0.276. The Morgan fingerprint density at radius 1 is 1.07 bits per heavy atom. The van der Waals surface area contributed by atoms with Crippen molar-refractivity contribution in [1.82, 2.24) is 4.57 Å². The number of nitrogens with zero attached hydrogens (tertiary/aromatic N) is 2. The average molecular weight is 575 g/mol. The number of carbonyl (C=O) groups excluding carboxylic acids is 1. The van der Waals surface area contributed by atoms with E-state index in [1.165, 1.54) is 11.3 Å². The summed E-state index contributed by atoms with van der Waals surface area (Å²) in [5, 5.41) is 0.625. The number of ether oxygens (including phenoxy) is 3. The molecular formula is C31H27ClN2O5S. The Morgan fingerprint density at radius 3 is 2.52 bits per heavy atom. The van der Waals surface area contributed by atoms with Crippen LogP contribution in [0.15, 0.2) is 93.9 Å². The molecule has 1 aliphatic heterocycles. The molecule has 0 bridgehead atoms. The number of rotatable bonds is 8. The van der Waals surface area contributed by atoms with Crippen LogP contribution >= 0.6 is 22.9 Å². The second-order valence-corrected chi connectivity index (χ2v) is 10.4. The third-order valence-electron chi connectivity index (χ3n) is 6.50. The summed E-state index contributed by atoms with van der Waals surface area (Å²) < 4.78 is 18.8. The predicted molar refractivity (Wildman–Crippen MR) is 156 cm³/mol. The number of carbonyl (C=O) groups is 1. The van der Waals surface area contributed by atoms with E-state index in [1.807, 2.05) is 60.7 Å². The fraction of sp³-hybridized carbons (Fsp3) is 0.194. The summed E-state index contributed by atoms with van der Waals surface area (Å²) in [7, 11) is 1.59. The minimum atomic E-state index is -0.699. The molecule has 1 aromatic heterocycles. The third kappa shape index (κ3) is 5.46. The van der Waals surface area contributed by atoms with Crippen molar-refractivity contribution in [3.8, 4) is 11.5 Å². The molecule has 3 aromatic carbocycles. The summed E-state index contributed by atoms with van der Waals surface area (Å²) in [4.78, 5) is 32.1. The average Bonchev–Trinajstić information content (AvgIpc) is 3.26. The predicted octanol–water partition coefficient (Wildman–Crippen LogP) is 5.04. The Balaban J connectivity index is 1.60. The molecule has 204 valence electrons. The van der Waals surface area contributed by atoms with Gasteiger partial charge in [0.1, 0.15) is 18.1 Å². The van der Waals surface area contributed by atoms with Crippen LogP contribution in [0.1, 0.15) is 36.6 Å². The van der Waals surface area contributed by atoms with Gasteiger partial charge in [-0.05, 0) is 49.8 Å². The highest BCUT2D eigenvalue weighted by Gasteiger charge is 2.33. The number of allylic oxidation sites excluding steroid dienone is 1. The van der Waals surface area contributed by atoms with E-state index in [1.54, 1.807) is 43.7 Å². The van der Waals surface area contributed by atoms with Crippen molar-refractivity contribution < 1.29 is 19.0 Å². The van der Waals surface area contributed by atoms with E-state index in [0.717, 1.165) is 16.7 Å². The van der Waals surface area contributed by atoms with Crippen LogP contribution in [-0.2, 0) is 16.1 Å². The fourth-order valence-electron chi connectivity index (χ4n) is 4.54. The standard InChI is InChI=1S/C31H27ClN2O5S/c1-4-38-30(36)27-19(2)33-31-34(28(27)20-13-15-23(37-3)16-14-20)29(35)26(40-31)17-21-9-6-8-12-25(21)39-18-22-10-5-7-11-24(22)32/h5-17,28H,4,18H2,1-3H3/b26-17-/t28-/m1/s1. The van der Waals surface area contributed by atoms with E-state index in [4.69, 9.17) is 25.8 Å². The zero-order chi connectivity index (χ0) is 28.2. The Hall–Kier alpha value is -4.14. The molecule has 0 amide bonds. The zero-order valence-corrected chi connectivity index (χ0v) is 23.8. The van der Waals surface area contributed by atoms with E-state index in [0.29, 0.717) is 37.1 Å². The first-order valence-corrected chi connectivity index (χ1v) is 13.9. The number of fused-ring (bicyclic) bond motifs is 1. The van der Waals surface area contributed by atoms with Gasteiger partial charge in [0.25, 0.3) is 5.56 Å². The number of thiazole rings is 1. The zero-order valence-electron chi connectivity index (χ0n) is 22.2. The van der Waals surface area contributed by atoms with E-state index in [9.17, 15) is 9.59 Å². The van der Waals surface area contributed by atoms with Crippen LogP contribution < -0.4 is 24.4 Å². The number of esters is 1. The van der Waals surface area contributed by atoms with Crippen molar-refractivity contribution in [2.75, 3.05) is 13.7 Å². The molecule has 40 heavy (non-hydrogen) atoms. The first kappa shape index (κ1) is 27.4. The van der Waals surface area contributed by atoms with Gasteiger partial charge in [-0.1, -0.05) is 71.5 Å². The van der Waals surface area contributed by atoms with Crippen molar-refractivity contribution in [2.45, 2.75) is 26.5 Å². The summed E-state index contributed by atoms with van der Waals surface area (Å²) in [6.07, 6.45) is 1.79. The summed E-state index contributed by atoms with van der Waals surface area (Å²) in [5.41, 5.74) is 2.92. The first-order valence-electron chi connectivity index (χ1n) is 12.7. The van der Waals surface area contributed by atoms with E-state index in [-0.39, 0.29) is 18.8 Å². The van der Waals surface area contributed by atoms with Crippen LogP contribution in [-0.4, -0.2) is 24.3 Å². The van der Waals surface area contributed by atoms with E-state index in [2.05, 4.69) is 4.99 Å². The van der Waals surface area contributed by atoms with Crippen molar-refractivity contribution in [3.63, 3.8) is 0 Å². The van der Waals surface area contributed by atoms with Crippen molar-refractivity contribution in [3.05, 3.63) is 125 Å². The van der Waals surface area contributed by atoms with Gasteiger partial charge in [0, 0.05) is 16.1 Å². The Morgan fingerprint density at radius 2 is 1.80 bits per heavy atom. The van der Waals surface area contributed by atoms with Gasteiger partial charge in [0.2, 0.25) is 0 Å². The van der Waals surface area contributed by atoms with E-state index < -0.39 is 12.0 Å². The molecule has 0 spiro atoms. The Kier molecular flexibility index (Phi) is 8.19. The molecule has 0 fully saturated rings. The van der Waals surface area contributed by atoms with E-state index >= 15 is 0 Å². The molecule has 2 heterocycles. The number of hydrogen-bond donors (Lipinski definition) is 0. The van der Waals surface area contributed by atoms with Crippen LogP contribution in [0.25, 0.3) is 6.08 Å². The summed E-state index contributed by atoms with van der Waals surface area (Å²) in [6, 6.07) is 21.6. The molecule has 4 aromatic rings. The molecule has 7 nitrogen and oxygen atoms in total. The third-order valence-corrected chi connectivity index (χ3v) is 7.85. The molecule has 9 heteroatoms. The Labute approximate surface area is 240 Å². The summed E-state index contributed by atoms with van der Waals surface area (Å²) >= 11 is 7.56. The number of aromatic nitrogens is 1. The van der Waals surface area contributed by atoms with Gasteiger partial charge in [-0.15, -0.1) is 0 Å². The topological polar surface area (TPSA) is 79.1 Å². The van der Waals surface area contributed by atoms with Gasteiger partial charge in [-0.2, -0.15) is 0 Å². The molecule has 1 aliphatic rings. The molecule has 0 radical (unpaired) electrons. The van der Waals surface area contributed by atoms with Crippen LogP contribution in [0.2, 0.25) is 5.02 Å². The van der Waals surface area contributed by atoms with Crippen LogP contribution in [0.3, 0.4) is 0 Å². The monoisotopic (exact) mass is 574 g/mol. The van der Waals surface area contributed by atoms with Gasteiger partial charge in [0.05, 0.1) is 35.6 Å². The van der Waals surface area contributed by atoms with Crippen molar-refractivity contribution in [2.24, 2.45) is 4.99 Å². The van der Waals surface area contributed by atoms with Crippen LogP contribution in [0.5, 0.6) is 11.5 Å². The lowest BCUT2D eigenvalue weighted by Gasteiger charge is -2.24. The van der Waals surface area contributed by atoms with Crippen molar-refractivity contribution in [1.29, 1.82) is 0 Å². The molecule has 0 N–H and O–H groups in total. The SMILES string of the molecule is CCOC(=O)C1=C(C)N=c2s/c(=C\c3ccccc3OCc3ccccc3Cl)c(=O)n2[C@@H]1c1ccc(OC)cc1. The summed E-state index contributed by atoms with van der Waals surface area (Å²) in [5.74, 6) is 0.781. The minimum Gasteiger partial charge on any atom is -0.497 e. The molecule has 0 unspecified atom stereocenters. The number of methoxy groups -OCH3 is 1. The molecule has 1 atom stereocenters. The number of benzene rings is 3. The Bertz CT molecular complexity index is 1770. The maximum absolute atomic E-state index is 13.9. The van der Waals surface area contributed by atoms with Gasteiger partial charge in [-0.25, -0.2) is 9.79 Å². The summed E-state index contributed by atoms with van der Waals surface area (Å²) in [6.45, 7) is 4.00. The lowest BCUT2D eigenvalue weighted by Crippen LogP contribution is -2.39.